The van der Waals surface area contributed by atoms with E-state index in [2.05, 4.69) is 0 Å². The van der Waals surface area contributed by atoms with Crippen LogP contribution in [0, 0.1) is 11.6 Å². The van der Waals surface area contributed by atoms with Crippen LogP contribution in [-0.4, -0.2) is 16.9 Å². The summed E-state index contributed by atoms with van der Waals surface area (Å²) in [4.78, 5) is 22.3. The maximum absolute atomic E-state index is 13.5. The Bertz CT molecular complexity index is 728. The molecule has 1 N–H and O–H groups in total. The molecule has 2 aromatic rings. The lowest BCUT2D eigenvalue weighted by atomic mass is 10.1. The summed E-state index contributed by atoms with van der Waals surface area (Å²) in [6, 6.07) is 9.38. The number of hydrogen-bond donors (Lipinski definition) is 1. The molecule has 4 nitrogen and oxygen atoms in total. The van der Waals surface area contributed by atoms with Crippen molar-refractivity contribution in [3.8, 4) is 5.75 Å². The Labute approximate surface area is 131 Å². The van der Waals surface area contributed by atoms with Gasteiger partial charge in [0.2, 0.25) is 0 Å². The van der Waals surface area contributed by atoms with Gasteiger partial charge in [-0.1, -0.05) is 12.1 Å². The van der Waals surface area contributed by atoms with Crippen LogP contribution < -0.4 is 4.74 Å². The van der Waals surface area contributed by atoms with E-state index in [1.165, 1.54) is 12.1 Å². The molecule has 0 bridgehead atoms. The van der Waals surface area contributed by atoms with Gasteiger partial charge in [0.15, 0.2) is 5.78 Å². The summed E-state index contributed by atoms with van der Waals surface area (Å²) in [5, 5.41) is 8.58. The number of carbonyl (C=O) groups is 2. The van der Waals surface area contributed by atoms with E-state index >= 15 is 0 Å². The number of hydrogen-bond acceptors (Lipinski definition) is 3. The topological polar surface area (TPSA) is 63.6 Å². The molecule has 2 aromatic carbocycles. The molecule has 23 heavy (non-hydrogen) atoms. The summed E-state index contributed by atoms with van der Waals surface area (Å²) in [7, 11) is 0. The standard InChI is InChI=1S/C17H14F2O4/c18-13-5-4-12(15(19)9-13)10-23-14-3-1-2-11(8-14)16(20)6-7-17(21)22/h1-5,8-9H,6-7,10H2,(H,21,22). The predicted molar refractivity (Wildman–Crippen MR) is 78.3 cm³/mol. The first-order valence-corrected chi connectivity index (χ1v) is 6.87. The van der Waals surface area contributed by atoms with Crippen LogP contribution in [0.2, 0.25) is 0 Å². The first-order chi connectivity index (χ1) is 11.0. The van der Waals surface area contributed by atoms with Gasteiger partial charge in [0.05, 0.1) is 6.42 Å². The molecule has 0 aliphatic rings. The van der Waals surface area contributed by atoms with Crippen molar-refractivity contribution < 1.29 is 28.2 Å². The first kappa shape index (κ1) is 16.6. The number of aliphatic carboxylic acids is 1. The van der Waals surface area contributed by atoms with Crippen LogP contribution in [-0.2, 0) is 11.4 Å². The second kappa shape index (κ2) is 7.49. The van der Waals surface area contributed by atoms with Gasteiger partial charge in [-0.15, -0.1) is 0 Å². The van der Waals surface area contributed by atoms with Crippen LogP contribution in [0.5, 0.6) is 5.75 Å². The monoisotopic (exact) mass is 320 g/mol. The third kappa shape index (κ3) is 4.88. The molecule has 2 rings (SSSR count). The summed E-state index contributed by atoms with van der Waals surface area (Å²) < 4.78 is 31.7. The number of carboxylic acid groups (broad SMARTS) is 1. The average Bonchev–Trinajstić information content (AvgIpc) is 2.52. The summed E-state index contributed by atoms with van der Waals surface area (Å²) in [5.74, 6) is -2.39. The van der Waals surface area contributed by atoms with Crippen LogP contribution in [0.1, 0.15) is 28.8 Å². The van der Waals surface area contributed by atoms with Crippen LogP contribution in [0.4, 0.5) is 8.78 Å². The number of ketones is 1. The predicted octanol–water partition coefficient (Wildman–Crippen LogP) is 3.59. The Hall–Kier alpha value is -2.76. The van der Waals surface area contributed by atoms with Crippen molar-refractivity contribution in [1.82, 2.24) is 0 Å². The first-order valence-electron chi connectivity index (χ1n) is 6.87. The van der Waals surface area contributed by atoms with Gasteiger partial charge in [-0.3, -0.25) is 9.59 Å². The number of Topliss-reactive ketones (excluding diaryl/α,β-unsaturated/α-hetero) is 1. The number of halogens is 2. The molecule has 0 fully saturated rings. The summed E-state index contributed by atoms with van der Waals surface area (Å²) in [6.45, 7) is -0.112. The Morgan fingerprint density at radius 1 is 1.04 bits per heavy atom. The van der Waals surface area contributed by atoms with Crippen molar-refractivity contribution in [3.63, 3.8) is 0 Å². The van der Waals surface area contributed by atoms with E-state index in [0.29, 0.717) is 11.3 Å². The van der Waals surface area contributed by atoms with Gasteiger partial charge in [0.25, 0.3) is 0 Å². The maximum atomic E-state index is 13.5. The van der Waals surface area contributed by atoms with E-state index in [1.807, 2.05) is 0 Å². The van der Waals surface area contributed by atoms with Crippen molar-refractivity contribution >= 4 is 11.8 Å². The van der Waals surface area contributed by atoms with Gasteiger partial charge in [0.1, 0.15) is 24.0 Å². The molecule has 0 spiro atoms. The molecule has 0 heterocycles. The molecular weight excluding hydrogens is 306 g/mol. The van der Waals surface area contributed by atoms with E-state index in [1.54, 1.807) is 18.2 Å². The highest BCUT2D eigenvalue weighted by Crippen LogP contribution is 2.18. The second-order valence-corrected chi connectivity index (χ2v) is 4.87. The summed E-state index contributed by atoms with van der Waals surface area (Å²) in [6.07, 6.45) is -0.351. The van der Waals surface area contributed by atoms with E-state index in [4.69, 9.17) is 9.84 Å². The van der Waals surface area contributed by atoms with E-state index in [9.17, 15) is 18.4 Å². The Kier molecular flexibility index (Phi) is 5.41. The third-order valence-electron chi connectivity index (χ3n) is 3.13. The highest BCUT2D eigenvalue weighted by atomic mass is 19.1. The molecule has 0 radical (unpaired) electrons. The second-order valence-electron chi connectivity index (χ2n) is 4.87. The fourth-order valence-electron chi connectivity index (χ4n) is 1.92. The minimum absolute atomic E-state index is 0.106. The number of ether oxygens (including phenoxy) is 1. The minimum atomic E-state index is -1.04. The molecule has 0 amide bonds. The normalized spacial score (nSPS) is 10.3. The Morgan fingerprint density at radius 3 is 2.52 bits per heavy atom. The largest absolute Gasteiger partial charge is 0.489 e. The third-order valence-corrected chi connectivity index (χ3v) is 3.13. The molecule has 0 atom stereocenters. The number of rotatable bonds is 7. The van der Waals surface area contributed by atoms with E-state index in [-0.39, 0.29) is 30.8 Å². The van der Waals surface area contributed by atoms with Gasteiger partial charge < -0.3 is 9.84 Å². The molecule has 120 valence electrons. The molecular formula is C17H14F2O4. The molecule has 0 saturated heterocycles. The van der Waals surface area contributed by atoms with Crippen LogP contribution in [0.15, 0.2) is 42.5 Å². The fraction of sp³-hybridized carbons (Fsp3) is 0.176. The van der Waals surface area contributed by atoms with Crippen molar-refractivity contribution in [1.29, 1.82) is 0 Å². The smallest absolute Gasteiger partial charge is 0.303 e. The zero-order valence-corrected chi connectivity index (χ0v) is 12.1. The SMILES string of the molecule is O=C(O)CCC(=O)c1cccc(OCc2ccc(F)cc2F)c1. The van der Waals surface area contributed by atoms with Gasteiger partial charge in [-0.2, -0.15) is 0 Å². The molecule has 0 unspecified atom stereocenters. The molecule has 0 aromatic heterocycles. The zero-order valence-electron chi connectivity index (χ0n) is 12.1. The van der Waals surface area contributed by atoms with Crippen LogP contribution >= 0.6 is 0 Å². The number of carbonyl (C=O) groups excluding carboxylic acids is 1. The van der Waals surface area contributed by atoms with Crippen molar-refractivity contribution in [3.05, 3.63) is 65.2 Å². The lowest BCUT2D eigenvalue weighted by molar-refractivity contribution is -0.136. The zero-order chi connectivity index (χ0) is 16.8. The highest BCUT2D eigenvalue weighted by molar-refractivity contribution is 5.97. The number of benzene rings is 2. The van der Waals surface area contributed by atoms with Gasteiger partial charge in [-0.25, -0.2) is 8.78 Å². The van der Waals surface area contributed by atoms with Crippen LogP contribution in [0.3, 0.4) is 0 Å². The lowest BCUT2D eigenvalue weighted by Crippen LogP contribution is -2.04. The molecule has 0 aliphatic heterocycles. The van der Waals surface area contributed by atoms with Crippen LogP contribution in [0.25, 0.3) is 0 Å². The van der Waals surface area contributed by atoms with E-state index < -0.39 is 17.6 Å². The van der Waals surface area contributed by atoms with Crippen molar-refractivity contribution in [2.45, 2.75) is 19.4 Å². The van der Waals surface area contributed by atoms with Gasteiger partial charge in [0, 0.05) is 23.6 Å². The molecule has 0 saturated carbocycles. The van der Waals surface area contributed by atoms with Gasteiger partial charge in [-0.05, 0) is 24.3 Å². The van der Waals surface area contributed by atoms with E-state index in [0.717, 1.165) is 12.1 Å². The lowest BCUT2D eigenvalue weighted by Gasteiger charge is -2.08. The molecule has 6 heteroatoms. The molecule has 0 aliphatic carbocycles. The van der Waals surface area contributed by atoms with Crippen molar-refractivity contribution in [2.75, 3.05) is 0 Å². The summed E-state index contributed by atoms with van der Waals surface area (Å²) >= 11 is 0. The highest BCUT2D eigenvalue weighted by Gasteiger charge is 2.10. The number of carboxylic acids is 1. The quantitative estimate of drug-likeness (QED) is 0.792. The Balaban J connectivity index is 2.02. The minimum Gasteiger partial charge on any atom is -0.489 e. The Morgan fingerprint density at radius 2 is 1.83 bits per heavy atom. The van der Waals surface area contributed by atoms with Crippen molar-refractivity contribution in [2.24, 2.45) is 0 Å². The summed E-state index contributed by atoms with van der Waals surface area (Å²) in [5.41, 5.74) is 0.511. The van der Waals surface area contributed by atoms with Gasteiger partial charge >= 0.3 is 5.97 Å². The fourth-order valence-corrected chi connectivity index (χ4v) is 1.92. The average molecular weight is 320 g/mol. The maximum Gasteiger partial charge on any atom is 0.303 e.